The molecule has 0 saturated heterocycles. The Kier molecular flexibility index (Phi) is 1.53. The zero-order valence-corrected chi connectivity index (χ0v) is 6.49. The molecule has 0 N–H and O–H groups in total. The average Bonchev–Trinajstić information content (AvgIpc) is 1.86. The standard InChI is InChI=1S/C9H14/c1-4-6-9(3)7-5-8(9)2/h8H,4,6H2,1-3H3. The average molecular weight is 122 g/mol. The smallest absolute Gasteiger partial charge is 0.0421 e. The minimum absolute atomic E-state index is 0.370. The number of rotatable bonds is 2. The number of hydrogen-bond acceptors (Lipinski definition) is 0. The molecule has 1 rings (SSSR count). The summed E-state index contributed by atoms with van der Waals surface area (Å²) >= 11 is 0. The monoisotopic (exact) mass is 122 g/mol. The van der Waals surface area contributed by atoms with E-state index < -0.39 is 0 Å². The van der Waals surface area contributed by atoms with Crippen LogP contribution < -0.4 is 0 Å². The highest BCUT2D eigenvalue weighted by molar-refractivity contribution is 5.27. The zero-order chi connectivity index (χ0) is 6.91. The highest BCUT2D eigenvalue weighted by Gasteiger charge is 2.32. The van der Waals surface area contributed by atoms with Gasteiger partial charge in [0.05, 0.1) is 0 Å². The van der Waals surface area contributed by atoms with Crippen LogP contribution in [-0.4, -0.2) is 0 Å². The van der Waals surface area contributed by atoms with Gasteiger partial charge in [-0.3, -0.25) is 0 Å². The maximum atomic E-state index is 3.22. The Balaban J connectivity index is 2.51. The largest absolute Gasteiger partial charge is 0.0980 e. The third-order valence-electron chi connectivity index (χ3n) is 2.30. The fourth-order valence-corrected chi connectivity index (χ4v) is 1.26. The SMILES string of the molecule is CCCC1(C)C#CC1C. The first-order chi connectivity index (χ1) is 4.19. The van der Waals surface area contributed by atoms with E-state index in [2.05, 4.69) is 32.6 Å². The van der Waals surface area contributed by atoms with Crippen molar-refractivity contribution in [2.75, 3.05) is 0 Å². The molecule has 0 amide bonds. The molecule has 2 unspecified atom stereocenters. The third-order valence-corrected chi connectivity index (χ3v) is 2.30. The second-order valence-electron chi connectivity index (χ2n) is 3.16. The summed E-state index contributed by atoms with van der Waals surface area (Å²) in [5, 5.41) is 0. The Morgan fingerprint density at radius 1 is 1.56 bits per heavy atom. The molecule has 1 aliphatic rings. The molecule has 0 aliphatic heterocycles. The van der Waals surface area contributed by atoms with Crippen LogP contribution in [0, 0.1) is 23.2 Å². The van der Waals surface area contributed by atoms with Gasteiger partial charge in [0.1, 0.15) is 0 Å². The Hall–Kier alpha value is -0.440. The highest BCUT2D eigenvalue weighted by atomic mass is 14.3. The van der Waals surface area contributed by atoms with Crippen molar-refractivity contribution in [2.45, 2.75) is 33.6 Å². The van der Waals surface area contributed by atoms with Crippen LogP contribution in [0.1, 0.15) is 33.6 Å². The van der Waals surface area contributed by atoms with Crippen LogP contribution in [0.3, 0.4) is 0 Å². The van der Waals surface area contributed by atoms with Crippen molar-refractivity contribution in [3.05, 3.63) is 0 Å². The Bertz CT molecular complexity index is 159. The van der Waals surface area contributed by atoms with Crippen LogP contribution >= 0.6 is 0 Å². The molecular formula is C9H14. The van der Waals surface area contributed by atoms with Crippen LogP contribution in [0.2, 0.25) is 0 Å². The van der Waals surface area contributed by atoms with Gasteiger partial charge in [-0.2, -0.15) is 0 Å². The summed E-state index contributed by atoms with van der Waals surface area (Å²) in [6.07, 6.45) is 2.52. The summed E-state index contributed by atoms with van der Waals surface area (Å²) in [5.41, 5.74) is 0.370. The Morgan fingerprint density at radius 2 is 2.22 bits per heavy atom. The predicted molar refractivity (Wildman–Crippen MR) is 40.0 cm³/mol. The second kappa shape index (κ2) is 2.06. The van der Waals surface area contributed by atoms with Gasteiger partial charge in [0.15, 0.2) is 0 Å². The molecular weight excluding hydrogens is 108 g/mol. The molecule has 0 saturated carbocycles. The fourth-order valence-electron chi connectivity index (χ4n) is 1.26. The van der Waals surface area contributed by atoms with Gasteiger partial charge in [-0.05, 0) is 20.3 Å². The number of hydrogen-bond donors (Lipinski definition) is 0. The summed E-state index contributed by atoms with van der Waals surface area (Å²) in [7, 11) is 0. The predicted octanol–water partition coefficient (Wildman–Crippen LogP) is 2.45. The lowest BCUT2D eigenvalue weighted by Crippen LogP contribution is -2.28. The van der Waals surface area contributed by atoms with E-state index in [1.54, 1.807) is 0 Å². The van der Waals surface area contributed by atoms with Gasteiger partial charge in [-0.25, -0.2) is 0 Å². The van der Waals surface area contributed by atoms with Gasteiger partial charge < -0.3 is 0 Å². The first kappa shape index (κ1) is 6.68. The van der Waals surface area contributed by atoms with E-state index in [1.165, 1.54) is 12.8 Å². The van der Waals surface area contributed by atoms with Gasteiger partial charge in [0, 0.05) is 11.3 Å². The molecule has 0 spiro atoms. The van der Waals surface area contributed by atoms with Crippen LogP contribution in [0.4, 0.5) is 0 Å². The van der Waals surface area contributed by atoms with Gasteiger partial charge >= 0.3 is 0 Å². The van der Waals surface area contributed by atoms with E-state index in [-0.39, 0.29) is 0 Å². The topological polar surface area (TPSA) is 0 Å². The first-order valence-corrected chi connectivity index (χ1v) is 3.72. The van der Waals surface area contributed by atoms with Gasteiger partial charge in [0.25, 0.3) is 0 Å². The summed E-state index contributed by atoms with van der Waals surface area (Å²) in [6.45, 7) is 6.70. The zero-order valence-electron chi connectivity index (χ0n) is 6.49. The van der Waals surface area contributed by atoms with E-state index in [0.29, 0.717) is 11.3 Å². The van der Waals surface area contributed by atoms with E-state index in [0.717, 1.165) is 0 Å². The summed E-state index contributed by atoms with van der Waals surface area (Å²) in [6, 6.07) is 0. The van der Waals surface area contributed by atoms with E-state index in [4.69, 9.17) is 0 Å². The van der Waals surface area contributed by atoms with E-state index in [9.17, 15) is 0 Å². The molecule has 0 bridgehead atoms. The minimum Gasteiger partial charge on any atom is -0.0980 e. The lowest BCUT2D eigenvalue weighted by molar-refractivity contribution is 0.299. The van der Waals surface area contributed by atoms with Crippen molar-refractivity contribution in [3.63, 3.8) is 0 Å². The molecule has 0 aromatic rings. The van der Waals surface area contributed by atoms with Crippen LogP contribution in [-0.2, 0) is 0 Å². The minimum atomic E-state index is 0.370. The molecule has 9 heavy (non-hydrogen) atoms. The lowest BCUT2D eigenvalue weighted by atomic mass is 9.69. The van der Waals surface area contributed by atoms with Gasteiger partial charge in [0.2, 0.25) is 0 Å². The summed E-state index contributed by atoms with van der Waals surface area (Å²) in [5.74, 6) is 6.99. The van der Waals surface area contributed by atoms with Crippen LogP contribution in [0.25, 0.3) is 0 Å². The molecule has 0 nitrogen and oxygen atoms in total. The maximum absolute atomic E-state index is 3.22. The normalized spacial score (nSPS) is 38.8. The molecule has 1 aliphatic carbocycles. The maximum Gasteiger partial charge on any atom is 0.0421 e. The van der Waals surface area contributed by atoms with Gasteiger partial charge in [-0.1, -0.05) is 25.2 Å². The molecule has 0 heterocycles. The van der Waals surface area contributed by atoms with Crippen molar-refractivity contribution in [1.82, 2.24) is 0 Å². The van der Waals surface area contributed by atoms with Crippen molar-refractivity contribution in [1.29, 1.82) is 0 Å². The molecule has 0 aromatic heterocycles. The lowest BCUT2D eigenvalue weighted by Gasteiger charge is -2.33. The highest BCUT2D eigenvalue weighted by Crippen LogP contribution is 2.36. The van der Waals surface area contributed by atoms with Crippen molar-refractivity contribution >= 4 is 0 Å². The Labute approximate surface area is 57.7 Å². The van der Waals surface area contributed by atoms with Crippen LogP contribution in [0.5, 0.6) is 0 Å². The van der Waals surface area contributed by atoms with Gasteiger partial charge in [-0.15, -0.1) is 0 Å². The van der Waals surface area contributed by atoms with Crippen LogP contribution in [0.15, 0.2) is 0 Å². The fraction of sp³-hybridized carbons (Fsp3) is 0.778. The van der Waals surface area contributed by atoms with E-state index >= 15 is 0 Å². The third kappa shape index (κ3) is 0.965. The molecule has 0 fully saturated rings. The molecule has 0 radical (unpaired) electrons. The second-order valence-corrected chi connectivity index (χ2v) is 3.16. The molecule has 0 aromatic carbocycles. The first-order valence-electron chi connectivity index (χ1n) is 3.72. The molecule has 0 heteroatoms. The van der Waals surface area contributed by atoms with E-state index in [1.807, 2.05) is 0 Å². The summed E-state index contributed by atoms with van der Waals surface area (Å²) < 4.78 is 0. The molecule has 2 atom stereocenters. The van der Waals surface area contributed by atoms with Crippen molar-refractivity contribution < 1.29 is 0 Å². The van der Waals surface area contributed by atoms with Crippen molar-refractivity contribution in [3.8, 4) is 11.8 Å². The van der Waals surface area contributed by atoms with Crippen molar-refractivity contribution in [2.24, 2.45) is 11.3 Å². The summed E-state index contributed by atoms with van der Waals surface area (Å²) in [4.78, 5) is 0. The molecule has 50 valence electrons. The quantitative estimate of drug-likeness (QED) is 0.493. The Morgan fingerprint density at radius 3 is 2.33 bits per heavy atom.